The standard InChI is InChI=1S/C26H54N.C2H6O.2ClH.Ti/c1-4-7-10-13-16-19-22-25-26(27,23-20-17-14-11-8-5-2)24-21-18-15-12-9-6-3;1-2-3;;;/h27H,4-25H2,1-3H3;3H,2H2,1H3;2*1H;/q-1;;;;+3/p-2. The number of unbranched alkanes of at least 4 members (excludes halogenated alkanes) is 16. The molecule has 201 valence electrons. The van der Waals surface area contributed by atoms with Gasteiger partial charge in [-0.15, -0.1) is 5.54 Å². The third-order valence-electron chi connectivity index (χ3n) is 6.28. The summed E-state index contributed by atoms with van der Waals surface area (Å²) in [6.45, 7) is 8.80. The van der Waals surface area contributed by atoms with Gasteiger partial charge in [-0.3, -0.25) is 0 Å². The maximum Gasteiger partial charge on any atom is 3.00 e. The zero-order chi connectivity index (χ0) is 22.8. The van der Waals surface area contributed by atoms with Crippen molar-refractivity contribution in [2.75, 3.05) is 6.61 Å². The van der Waals surface area contributed by atoms with E-state index in [1.165, 1.54) is 122 Å². The van der Waals surface area contributed by atoms with Crippen molar-refractivity contribution in [3.05, 3.63) is 5.73 Å². The van der Waals surface area contributed by atoms with Crippen LogP contribution in [0.3, 0.4) is 0 Å². The van der Waals surface area contributed by atoms with Gasteiger partial charge in [0.15, 0.2) is 0 Å². The molecule has 0 rings (SSSR count). The minimum absolute atomic E-state index is 0. The molecule has 0 unspecified atom stereocenters. The summed E-state index contributed by atoms with van der Waals surface area (Å²) < 4.78 is 0. The van der Waals surface area contributed by atoms with Gasteiger partial charge in [-0.05, 0) is 6.92 Å². The van der Waals surface area contributed by atoms with Gasteiger partial charge in [0.25, 0.3) is 0 Å². The van der Waals surface area contributed by atoms with Crippen LogP contribution in [0.2, 0.25) is 0 Å². The summed E-state index contributed by atoms with van der Waals surface area (Å²) in [5.74, 6) is 0. The molecule has 0 fully saturated rings. The molecule has 0 aliphatic carbocycles. The molecular formula is C28H60Cl2NOTi. The molecule has 2 nitrogen and oxygen atoms in total. The third-order valence-corrected chi connectivity index (χ3v) is 6.28. The van der Waals surface area contributed by atoms with Crippen molar-refractivity contribution in [2.45, 2.75) is 174 Å². The first kappa shape index (κ1) is 44.2. The number of hydrogen-bond acceptors (Lipinski definition) is 1. The van der Waals surface area contributed by atoms with Crippen molar-refractivity contribution in [2.24, 2.45) is 0 Å². The van der Waals surface area contributed by atoms with Crippen LogP contribution in [0.5, 0.6) is 0 Å². The van der Waals surface area contributed by atoms with Gasteiger partial charge in [0, 0.05) is 6.61 Å². The minimum Gasteiger partial charge on any atom is -1.00 e. The molecule has 0 spiro atoms. The van der Waals surface area contributed by atoms with Crippen LogP contribution in [-0.4, -0.2) is 17.3 Å². The van der Waals surface area contributed by atoms with Crippen LogP contribution >= 0.6 is 0 Å². The van der Waals surface area contributed by atoms with E-state index in [0.717, 1.165) is 19.3 Å². The molecule has 0 aromatic carbocycles. The van der Waals surface area contributed by atoms with Crippen molar-refractivity contribution in [1.29, 1.82) is 0 Å². The van der Waals surface area contributed by atoms with E-state index in [1.54, 1.807) is 6.92 Å². The number of aliphatic hydroxyl groups is 1. The molecule has 33 heavy (non-hydrogen) atoms. The molecule has 0 aliphatic rings. The van der Waals surface area contributed by atoms with Gasteiger partial charge in [0.1, 0.15) is 0 Å². The van der Waals surface area contributed by atoms with E-state index >= 15 is 0 Å². The van der Waals surface area contributed by atoms with Crippen LogP contribution in [-0.2, 0) is 21.7 Å². The third kappa shape index (κ3) is 37.9. The largest absolute Gasteiger partial charge is 3.00 e. The van der Waals surface area contributed by atoms with Gasteiger partial charge < -0.3 is 35.7 Å². The Kier molecular flexibility index (Phi) is 50.6. The fourth-order valence-corrected chi connectivity index (χ4v) is 4.28. The second-order valence-corrected chi connectivity index (χ2v) is 9.50. The molecule has 1 radical (unpaired) electrons. The second kappa shape index (κ2) is 37.8. The maximum absolute atomic E-state index is 9.10. The predicted octanol–water partition coefficient (Wildman–Crippen LogP) is 4.42. The van der Waals surface area contributed by atoms with Crippen molar-refractivity contribution >= 4 is 0 Å². The number of aliphatic hydroxyl groups excluding tert-OH is 1. The fraction of sp³-hybridized carbons (Fsp3) is 1.00. The van der Waals surface area contributed by atoms with E-state index in [-0.39, 0.29) is 58.7 Å². The molecule has 0 aromatic heterocycles. The summed E-state index contributed by atoms with van der Waals surface area (Å²) in [6, 6.07) is 0. The van der Waals surface area contributed by atoms with E-state index in [1.807, 2.05) is 0 Å². The average Bonchev–Trinajstić information content (AvgIpc) is 2.73. The first-order chi connectivity index (χ1) is 14.6. The van der Waals surface area contributed by atoms with Crippen molar-refractivity contribution in [1.82, 2.24) is 0 Å². The number of rotatable bonds is 22. The molecule has 0 saturated heterocycles. The molecule has 2 N–H and O–H groups in total. The van der Waals surface area contributed by atoms with E-state index in [0.29, 0.717) is 0 Å². The summed E-state index contributed by atoms with van der Waals surface area (Å²) in [7, 11) is 0. The van der Waals surface area contributed by atoms with E-state index in [4.69, 9.17) is 10.8 Å². The van der Waals surface area contributed by atoms with Crippen LogP contribution in [0.15, 0.2) is 0 Å². The Morgan fingerprint density at radius 2 is 0.636 bits per heavy atom. The molecule has 0 amide bonds. The van der Waals surface area contributed by atoms with Crippen LogP contribution in [0, 0.1) is 0 Å². The fourth-order valence-electron chi connectivity index (χ4n) is 4.28. The first-order valence-electron chi connectivity index (χ1n) is 14.0. The van der Waals surface area contributed by atoms with Gasteiger partial charge in [-0.25, -0.2) is 0 Å². The Hall–Kier alpha value is 1.21. The van der Waals surface area contributed by atoms with Gasteiger partial charge in [-0.2, -0.15) is 0 Å². The monoisotopic (exact) mass is 544 g/mol. The normalized spacial score (nSPS) is 10.4. The van der Waals surface area contributed by atoms with Gasteiger partial charge in [0.05, 0.1) is 0 Å². The van der Waals surface area contributed by atoms with Crippen LogP contribution < -0.4 is 24.8 Å². The maximum atomic E-state index is 9.10. The zero-order valence-corrected chi connectivity index (χ0v) is 26.0. The quantitative estimate of drug-likeness (QED) is 0.159. The number of hydrogen-bond donors (Lipinski definition) is 1. The van der Waals surface area contributed by atoms with Crippen molar-refractivity contribution < 1.29 is 51.6 Å². The molecule has 0 atom stereocenters. The van der Waals surface area contributed by atoms with Gasteiger partial charge >= 0.3 is 21.7 Å². The Bertz CT molecular complexity index is 294. The predicted molar refractivity (Wildman–Crippen MR) is 138 cm³/mol. The summed E-state index contributed by atoms with van der Waals surface area (Å²) >= 11 is 0. The molecule has 5 heteroatoms. The first-order valence-corrected chi connectivity index (χ1v) is 14.0. The van der Waals surface area contributed by atoms with Crippen molar-refractivity contribution in [3.8, 4) is 0 Å². The Morgan fingerprint density at radius 3 is 0.848 bits per heavy atom. The van der Waals surface area contributed by atoms with E-state index in [9.17, 15) is 0 Å². The van der Waals surface area contributed by atoms with Crippen LogP contribution in [0.4, 0.5) is 0 Å². The smallest absolute Gasteiger partial charge is 1.00 e. The van der Waals surface area contributed by atoms with Crippen LogP contribution in [0.1, 0.15) is 169 Å². The minimum atomic E-state index is -0.112. The summed E-state index contributed by atoms with van der Waals surface area (Å²) in [6.07, 6.45) is 29.4. The Balaban J connectivity index is -0.000000411. The van der Waals surface area contributed by atoms with Crippen molar-refractivity contribution in [3.63, 3.8) is 0 Å². The number of nitrogens with one attached hydrogen (secondary N) is 1. The molecule has 0 bridgehead atoms. The second-order valence-electron chi connectivity index (χ2n) is 9.50. The molecule has 0 aromatic rings. The molecular weight excluding hydrogens is 485 g/mol. The Morgan fingerprint density at radius 1 is 0.455 bits per heavy atom. The molecule has 0 saturated carbocycles. The Labute approximate surface area is 237 Å². The topological polar surface area (TPSA) is 44.0 Å². The summed E-state index contributed by atoms with van der Waals surface area (Å²) in [5.41, 5.74) is 8.99. The average molecular weight is 546 g/mol. The van der Waals surface area contributed by atoms with Crippen LogP contribution in [0.25, 0.3) is 5.73 Å². The van der Waals surface area contributed by atoms with Gasteiger partial charge in [-0.1, -0.05) is 162 Å². The summed E-state index contributed by atoms with van der Waals surface area (Å²) in [4.78, 5) is 0. The van der Waals surface area contributed by atoms with E-state index in [2.05, 4.69) is 20.8 Å². The summed E-state index contributed by atoms with van der Waals surface area (Å²) in [5, 5.41) is 7.57. The van der Waals surface area contributed by atoms with E-state index < -0.39 is 0 Å². The number of halogens is 2. The molecule has 0 aliphatic heterocycles. The van der Waals surface area contributed by atoms with Gasteiger partial charge in [0.2, 0.25) is 0 Å². The zero-order valence-electron chi connectivity index (χ0n) is 23.0. The SMILES string of the molecule is CCCCCCCCCC([NH-])(CCCCCCCC)CCCCCCCC.CCO.[Cl-].[Cl-].[Ti+3]. The molecule has 0 heterocycles.